The van der Waals surface area contributed by atoms with Gasteiger partial charge in [-0.3, -0.25) is 0 Å². The molecule has 0 aromatic heterocycles. The molecule has 0 aliphatic heterocycles. The zero-order chi connectivity index (χ0) is 14.7. The first-order chi connectivity index (χ1) is 9.10. The summed E-state index contributed by atoms with van der Waals surface area (Å²) in [4.78, 5) is 24.2. The third-order valence-electron chi connectivity index (χ3n) is 2.67. The molecule has 0 aliphatic carbocycles. The fourth-order valence-corrected chi connectivity index (χ4v) is 6.20. The first-order valence-electron chi connectivity index (χ1n) is 7.47. The minimum atomic E-state index is -1.51. The van der Waals surface area contributed by atoms with Crippen LogP contribution >= 0.6 is 0 Å². The van der Waals surface area contributed by atoms with Crippen LogP contribution in [0.1, 0.15) is 66.2 Å². The predicted molar refractivity (Wildman–Crippen MR) is 73.8 cm³/mol. The minimum Gasteiger partial charge on any atom is -1.00 e. The molecule has 0 radical (unpaired) electrons. The summed E-state index contributed by atoms with van der Waals surface area (Å²) in [7, 11) is 0. The molecule has 0 bridgehead atoms. The standard InChI is InChI=1S/2C7H15NO.BrH.Nd/c2*1-3-5-7(9)8-6-4-2;;/h2*3-6H2,1-2H3,(H,8,9);1H;/q;;;+3/p-3. The summed E-state index contributed by atoms with van der Waals surface area (Å²) in [5.41, 5.74) is 0. The maximum Gasteiger partial charge on any atom is -1.00 e. The summed E-state index contributed by atoms with van der Waals surface area (Å²) < 4.78 is 4.04. The largest absolute Gasteiger partial charge is 1.00 e. The topological polar surface area (TPSA) is 40.6 Å². The van der Waals surface area contributed by atoms with Gasteiger partial charge in [0.2, 0.25) is 0 Å². The molecule has 20 heavy (non-hydrogen) atoms. The van der Waals surface area contributed by atoms with Crippen molar-refractivity contribution in [1.29, 1.82) is 0 Å². The van der Waals surface area contributed by atoms with Gasteiger partial charge in [0.15, 0.2) is 0 Å². The molecule has 4 nitrogen and oxygen atoms in total. The Morgan fingerprint density at radius 3 is 1.35 bits per heavy atom. The molecule has 0 saturated carbocycles. The Bertz CT molecular complexity index is 252. The van der Waals surface area contributed by atoms with E-state index in [1.54, 1.807) is 0 Å². The molecule has 6 heteroatoms. The van der Waals surface area contributed by atoms with Gasteiger partial charge < -0.3 is 17.0 Å². The van der Waals surface area contributed by atoms with Gasteiger partial charge in [0.05, 0.1) is 0 Å². The van der Waals surface area contributed by atoms with E-state index in [0.29, 0.717) is 12.8 Å². The molecule has 0 aromatic carbocycles. The molecule has 117 valence electrons. The van der Waals surface area contributed by atoms with E-state index in [9.17, 15) is 9.59 Å². The second kappa shape index (κ2) is 14.7. The molecule has 2 amide bonds. The monoisotopic (exact) mass is 477 g/mol. The van der Waals surface area contributed by atoms with Crippen molar-refractivity contribution in [1.82, 2.24) is 1.97 Å². The average Bonchev–Trinajstić information content (AvgIpc) is 2.37. The summed E-state index contributed by atoms with van der Waals surface area (Å²) in [5, 5.41) is 0. The summed E-state index contributed by atoms with van der Waals surface area (Å²) in [6.45, 7) is 9.88. The van der Waals surface area contributed by atoms with E-state index in [2.05, 4.69) is 13.8 Å². The van der Waals surface area contributed by atoms with Gasteiger partial charge in [-0.1, -0.05) is 0 Å². The van der Waals surface area contributed by atoms with Gasteiger partial charge in [0.25, 0.3) is 0 Å². The van der Waals surface area contributed by atoms with Gasteiger partial charge in [-0.2, -0.15) is 0 Å². The number of hydrogen-bond acceptors (Lipinski definition) is 2. The Balaban J connectivity index is 0. The van der Waals surface area contributed by atoms with Gasteiger partial charge in [-0.25, -0.2) is 0 Å². The van der Waals surface area contributed by atoms with Gasteiger partial charge >= 0.3 is 140 Å². The summed E-state index contributed by atoms with van der Waals surface area (Å²) in [5.74, 6) is 0.496. The summed E-state index contributed by atoms with van der Waals surface area (Å²) >= 11 is -1.51. The summed E-state index contributed by atoms with van der Waals surface area (Å²) in [6, 6.07) is 0. The van der Waals surface area contributed by atoms with Crippen LogP contribution in [0.15, 0.2) is 0 Å². The van der Waals surface area contributed by atoms with E-state index in [4.69, 9.17) is 0 Å². The molecule has 0 N–H and O–H groups in total. The molecule has 0 spiro atoms. The second-order valence-corrected chi connectivity index (χ2v) is 8.80. The zero-order valence-corrected chi connectivity index (χ0v) is 18.0. The van der Waals surface area contributed by atoms with Gasteiger partial charge in [0.1, 0.15) is 0 Å². The molecular weight excluding hydrogens is 452 g/mol. The number of carbonyl (C=O) groups is 2. The van der Waals surface area contributed by atoms with Crippen molar-refractivity contribution in [2.24, 2.45) is 0 Å². The Labute approximate surface area is 155 Å². The van der Waals surface area contributed by atoms with E-state index in [1.165, 1.54) is 0 Å². The van der Waals surface area contributed by atoms with Crippen molar-refractivity contribution in [3.05, 3.63) is 0 Å². The molecule has 0 unspecified atom stereocenters. The third-order valence-corrected chi connectivity index (χ3v) is 7.25. The van der Waals surface area contributed by atoms with E-state index in [0.717, 1.165) is 38.8 Å². The number of carbonyl (C=O) groups excluding carboxylic acids is 2. The van der Waals surface area contributed by atoms with Crippen LogP contribution in [0.3, 0.4) is 0 Å². The molecule has 0 saturated heterocycles. The maximum absolute atomic E-state index is 12.1. The predicted octanol–water partition coefficient (Wildman–Crippen LogP) is -0.0172. The van der Waals surface area contributed by atoms with E-state index >= 15 is 0 Å². The number of amides is 2. The van der Waals surface area contributed by atoms with E-state index in [1.807, 2.05) is 15.8 Å². The van der Waals surface area contributed by atoms with Crippen LogP contribution in [0.4, 0.5) is 0 Å². The first kappa shape index (κ1) is 23.0. The molecule has 0 heterocycles. The Morgan fingerprint density at radius 1 is 0.750 bits per heavy atom. The van der Waals surface area contributed by atoms with Crippen LogP contribution in [0.2, 0.25) is 0 Å². The van der Waals surface area contributed by atoms with Crippen LogP contribution in [0, 0.1) is 37.5 Å². The van der Waals surface area contributed by atoms with Gasteiger partial charge in [-0.05, 0) is 0 Å². The number of rotatable bonds is 10. The smallest absolute Gasteiger partial charge is 1.00 e. The van der Waals surface area contributed by atoms with E-state index < -0.39 is 37.5 Å². The second-order valence-electron chi connectivity index (χ2n) is 4.69. The van der Waals surface area contributed by atoms with Crippen LogP contribution < -0.4 is 17.0 Å². The fraction of sp³-hybridized carbons (Fsp3) is 0.857. The Morgan fingerprint density at radius 2 is 1.10 bits per heavy atom. The first-order valence-corrected chi connectivity index (χ1v) is 10.3. The molecular formula is C14H28BrN2NdO2. The number of halogens is 1. The molecule has 0 aliphatic rings. The van der Waals surface area contributed by atoms with Crippen molar-refractivity contribution < 1.29 is 64.1 Å². The van der Waals surface area contributed by atoms with Crippen LogP contribution in [0.25, 0.3) is 0 Å². The van der Waals surface area contributed by atoms with Gasteiger partial charge in [0, 0.05) is 0 Å². The maximum atomic E-state index is 12.1. The fourth-order valence-electron chi connectivity index (χ4n) is 1.75. The molecule has 0 aromatic rings. The Hall–Kier alpha value is 0.771. The van der Waals surface area contributed by atoms with Crippen LogP contribution in [0.5, 0.6) is 0 Å². The van der Waals surface area contributed by atoms with Crippen molar-refractivity contribution in [2.75, 3.05) is 13.1 Å². The number of hydrogen-bond donors (Lipinski definition) is 0. The van der Waals surface area contributed by atoms with E-state index in [-0.39, 0.29) is 28.8 Å². The Kier molecular flexibility index (Phi) is 16.9. The van der Waals surface area contributed by atoms with Crippen molar-refractivity contribution in [3.63, 3.8) is 0 Å². The summed E-state index contributed by atoms with van der Waals surface area (Å²) in [6.07, 6.45) is 4.97. The quantitative estimate of drug-likeness (QED) is 0.441. The molecule has 0 atom stereocenters. The van der Waals surface area contributed by atoms with Crippen LogP contribution in [-0.4, -0.2) is 26.9 Å². The molecule has 0 fully saturated rings. The SMILES string of the molecule is CCCC(=O)[N](CCC)[Nd+][N](CCC)C(=O)CCC.[Br-]. The third kappa shape index (κ3) is 9.66. The van der Waals surface area contributed by atoms with Crippen LogP contribution in [-0.2, 0) is 9.59 Å². The number of nitrogens with zero attached hydrogens (tertiary/aromatic N) is 2. The van der Waals surface area contributed by atoms with Crippen molar-refractivity contribution in [3.8, 4) is 0 Å². The molecule has 0 rings (SSSR count). The average molecular weight is 481 g/mol. The van der Waals surface area contributed by atoms with Crippen molar-refractivity contribution >= 4 is 11.8 Å². The zero-order valence-electron chi connectivity index (χ0n) is 13.2. The van der Waals surface area contributed by atoms with Gasteiger partial charge in [-0.15, -0.1) is 0 Å². The normalized spacial score (nSPS) is 9.40. The van der Waals surface area contributed by atoms with Crippen molar-refractivity contribution in [2.45, 2.75) is 66.2 Å². The minimum absolute atomic E-state index is 0.